The summed E-state index contributed by atoms with van der Waals surface area (Å²) in [4.78, 5) is 29.9. The summed E-state index contributed by atoms with van der Waals surface area (Å²) in [7, 11) is 0. The van der Waals surface area contributed by atoms with Gasteiger partial charge < -0.3 is 4.42 Å². The van der Waals surface area contributed by atoms with Crippen LogP contribution in [0.2, 0.25) is 0 Å². The van der Waals surface area contributed by atoms with E-state index in [0.717, 1.165) is 16.8 Å². The number of anilines is 1. The van der Waals surface area contributed by atoms with E-state index in [1.54, 1.807) is 22.7 Å². The molecule has 1 N–H and O–H groups in total. The molecule has 5 rings (SSSR count). The van der Waals surface area contributed by atoms with E-state index in [2.05, 4.69) is 21.5 Å². The molecule has 0 radical (unpaired) electrons. The number of benzene rings is 2. The second kappa shape index (κ2) is 6.93. The van der Waals surface area contributed by atoms with E-state index in [4.69, 9.17) is 4.42 Å². The zero-order chi connectivity index (χ0) is 20.8. The number of hydrogen-bond acceptors (Lipinski definition) is 6. The molecule has 3 aromatic heterocycles. The molecule has 0 spiro atoms. The van der Waals surface area contributed by atoms with Gasteiger partial charge in [-0.15, -0.1) is 16.4 Å². The second-order valence-electron chi connectivity index (χ2n) is 7.01. The summed E-state index contributed by atoms with van der Waals surface area (Å²) >= 11 is 1.43. The van der Waals surface area contributed by atoms with Crippen molar-refractivity contribution in [3.8, 4) is 11.3 Å². The highest BCUT2D eigenvalue weighted by Gasteiger charge is 2.18. The first-order chi connectivity index (χ1) is 14.5. The number of hydrogen-bond donors (Lipinski definition) is 1. The zero-order valence-electron chi connectivity index (χ0n) is 16.2. The molecule has 2 aromatic carbocycles. The first kappa shape index (κ1) is 18.3. The first-order valence-corrected chi connectivity index (χ1v) is 10.1. The molecule has 0 fully saturated rings. The summed E-state index contributed by atoms with van der Waals surface area (Å²) in [6.45, 7) is 4.09. The van der Waals surface area contributed by atoms with Gasteiger partial charge in [0.15, 0.2) is 0 Å². The van der Waals surface area contributed by atoms with Gasteiger partial charge in [0.05, 0.1) is 5.69 Å². The number of carbonyl (C=O) groups excluding carboxylic acids is 1. The van der Waals surface area contributed by atoms with E-state index >= 15 is 0 Å². The topological polar surface area (TPSA) is 89.5 Å². The molecule has 0 aliphatic rings. The molecule has 0 atom stereocenters. The Kier molecular flexibility index (Phi) is 4.22. The van der Waals surface area contributed by atoms with Crippen molar-refractivity contribution >= 4 is 39.1 Å². The van der Waals surface area contributed by atoms with Gasteiger partial charge in [0.25, 0.3) is 11.9 Å². The Morgan fingerprint density at radius 1 is 1.13 bits per heavy atom. The van der Waals surface area contributed by atoms with Gasteiger partial charge in [-0.2, -0.15) is 4.98 Å². The Morgan fingerprint density at radius 2 is 1.97 bits per heavy atom. The fraction of sp³-hybridized carbons (Fsp3) is 0.0909. The minimum Gasteiger partial charge on any atom is -0.422 e. The van der Waals surface area contributed by atoms with Crippen molar-refractivity contribution in [3.05, 3.63) is 81.0 Å². The Hall–Kier alpha value is -3.78. The molecule has 0 bridgehead atoms. The molecule has 0 saturated carbocycles. The van der Waals surface area contributed by atoms with Crippen LogP contribution in [0.15, 0.2) is 63.1 Å². The molecule has 30 heavy (non-hydrogen) atoms. The summed E-state index contributed by atoms with van der Waals surface area (Å²) in [5.41, 5.74) is 3.88. The maximum atomic E-state index is 12.7. The highest BCUT2D eigenvalue weighted by molar-refractivity contribution is 7.15. The Bertz CT molecular complexity index is 1500. The average molecular weight is 416 g/mol. The molecule has 5 aromatic rings. The predicted molar refractivity (Wildman–Crippen MR) is 116 cm³/mol. The second-order valence-corrected chi connectivity index (χ2v) is 7.85. The van der Waals surface area contributed by atoms with Crippen molar-refractivity contribution < 1.29 is 9.21 Å². The van der Waals surface area contributed by atoms with Crippen LogP contribution in [0.1, 0.15) is 21.5 Å². The number of para-hydroxylation sites is 1. The molecule has 0 aliphatic heterocycles. The summed E-state index contributed by atoms with van der Waals surface area (Å²) in [6.07, 6.45) is 0. The fourth-order valence-corrected chi connectivity index (χ4v) is 4.23. The number of nitrogens with zero attached hydrogens (tertiary/aromatic N) is 3. The third-order valence-corrected chi connectivity index (χ3v) is 5.67. The Morgan fingerprint density at radius 3 is 2.80 bits per heavy atom. The van der Waals surface area contributed by atoms with Crippen LogP contribution in [0.3, 0.4) is 0 Å². The van der Waals surface area contributed by atoms with E-state index in [-0.39, 0.29) is 11.5 Å². The van der Waals surface area contributed by atoms with E-state index < -0.39 is 11.5 Å². The number of nitrogens with one attached hydrogen (secondary N) is 1. The Balaban J connectivity index is 1.49. The first-order valence-electron chi connectivity index (χ1n) is 9.26. The van der Waals surface area contributed by atoms with Crippen molar-refractivity contribution in [1.82, 2.24) is 14.6 Å². The van der Waals surface area contributed by atoms with Gasteiger partial charge in [-0.3, -0.25) is 10.1 Å². The minimum atomic E-state index is -0.705. The van der Waals surface area contributed by atoms with Crippen LogP contribution >= 0.6 is 11.3 Å². The third kappa shape index (κ3) is 3.07. The van der Waals surface area contributed by atoms with Gasteiger partial charge in [0.2, 0.25) is 4.96 Å². The zero-order valence-corrected chi connectivity index (χ0v) is 17.0. The lowest BCUT2D eigenvalue weighted by atomic mass is 10.0. The van der Waals surface area contributed by atoms with Crippen molar-refractivity contribution in [2.45, 2.75) is 13.8 Å². The molecule has 148 valence electrons. The monoisotopic (exact) mass is 416 g/mol. The fourth-order valence-electron chi connectivity index (χ4n) is 3.41. The van der Waals surface area contributed by atoms with Crippen LogP contribution < -0.4 is 10.9 Å². The normalized spacial score (nSPS) is 11.3. The van der Waals surface area contributed by atoms with Crippen molar-refractivity contribution in [2.75, 3.05) is 5.32 Å². The van der Waals surface area contributed by atoms with Gasteiger partial charge in [-0.05, 0) is 31.5 Å². The van der Waals surface area contributed by atoms with Crippen molar-refractivity contribution in [2.24, 2.45) is 0 Å². The van der Waals surface area contributed by atoms with Crippen LogP contribution in [-0.4, -0.2) is 20.5 Å². The van der Waals surface area contributed by atoms with Crippen LogP contribution in [0.4, 0.5) is 5.95 Å². The van der Waals surface area contributed by atoms with E-state index in [9.17, 15) is 9.59 Å². The number of amides is 1. The van der Waals surface area contributed by atoms with Crippen molar-refractivity contribution in [3.63, 3.8) is 0 Å². The largest absolute Gasteiger partial charge is 0.422 e. The molecule has 1 amide bonds. The van der Waals surface area contributed by atoms with Gasteiger partial charge in [-0.25, -0.2) is 9.31 Å². The minimum absolute atomic E-state index is 0.0959. The molecular formula is C22H16N4O3S. The van der Waals surface area contributed by atoms with Crippen LogP contribution in [0.25, 0.3) is 27.2 Å². The molecule has 0 aliphatic carbocycles. The van der Waals surface area contributed by atoms with Crippen LogP contribution in [0.5, 0.6) is 0 Å². The lowest BCUT2D eigenvalue weighted by Crippen LogP contribution is -2.21. The molecule has 0 saturated heterocycles. The number of aromatic nitrogens is 3. The van der Waals surface area contributed by atoms with Gasteiger partial charge >= 0.3 is 5.63 Å². The number of carbonyl (C=O) groups is 1. The molecule has 3 heterocycles. The van der Waals surface area contributed by atoms with Crippen LogP contribution in [0, 0.1) is 13.8 Å². The average Bonchev–Trinajstić information content (AvgIpc) is 3.28. The quantitative estimate of drug-likeness (QED) is 0.440. The van der Waals surface area contributed by atoms with Gasteiger partial charge in [0.1, 0.15) is 11.1 Å². The predicted octanol–water partition coefficient (Wildman–Crippen LogP) is 4.43. The van der Waals surface area contributed by atoms with Crippen LogP contribution in [-0.2, 0) is 0 Å². The summed E-state index contributed by atoms with van der Waals surface area (Å²) in [5, 5.41) is 9.68. The van der Waals surface area contributed by atoms with Gasteiger partial charge in [0, 0.05) is 16.3 Å². The standard InChI is InChI=1S/C22H16N4O3S/c1-12-7-8-15(13(2)9-12)17-11-30-22-24-21(25-26(17)22)23-19(27)16-10-14-5-3-4-6-18(14)29-20(16)28/h3-11H,1-2H3,(H,23,25,27). The molecule has 7 nitrogen and oxygen atoms in total. The van der Waals surface area contributed by atoms with E-state index in [0.29, 0.717) is 15.9 Å². The maximum absolute atomic E-state index is 12.7. The number of fused-ring (bicyclic) bond motifs is 2. The lowest BCUT2D eigenvalue weighted by Gasteiger charge is -2.05. The molecule has 0 unspecified atom stereocenters. The highest BCUT2D eigenvalue weighted by Crippen LogP contribution is 2.29. The van der Waals surface area contributed by atoms with Crippen molar-refractivity contribution in [1.29, 1.82) is 0 Å². The molecule has 8 heteroatoms. The SMILES string of the molecule is Cc1ccc(-c2csc3nc(NC(=O)c4cc5ccccc5oc4=O)nn23)c(C)c1. The Labute approximate surface area is 174 Å². The third-order valence-electron chi connectivity index (χ3n) is 4.85. The number of aryl methyl sites for hydroxylation is 2. The summed E-state index contributed by atoms with van der Waals surface area (Å²) < 4.78 is 6.93. The summed E-state index contributed by atoms with van der Waals surface area (Å²) in [5.74, 6) is -0.480. The highest BCUT2D eigenvalue weighted by atomic mass is 32.1. The number of thiazole rings is 1. The lowest BCUT2D eigenvalue weighted by molar-refractivity contribution is 0.102. The molecular weight excluding hydrogens is 400 g/mol. The maximum Gasteiger partial charge on any atom is 0.349 e. The van der Waals surface area contributed by atoms with E-state index in [1.165, 1.54) is 23.0 Å². The van der Waals surface area contributed by atoms with Gasteiger partial charge in [-0.1, -0.05) is 42.0 Å². The summed E-state index contributed by atoms with van der Waals surface area (Å²) in [6, 6.07) is 14.7. The number of rotatable bonds is 3. The smallest absolute Gasteiger partial charge is 0.349 e. The van der Waals surface area contributed by atoms with E-state index in [1.807, 2.05) is 37.4 Å².